The van der Waals surface area contributed by atoms with Gasteiger partial charge in [0.1, 0.15) is 4.90 Å². The monoisotopic (exact) mass is 464 g/mol. The number of sulfonamides is 1. The van der Waals surface area contributed by atoms with E-state index in [-0.39, 0.29) is 37.7 Å². The molecule has 0 saturated carbocycles. The van der Waals surface area contributed by atoms with Crippen molar-refractivity contribution < 1.29 is 26.3 Å². The molecule has 3 rings (SSSR count). The molecule has 0 unspecified atom stereocenters. The van der Waals surface area contributed by atoms with Gasteiger partial charge in [-0.05, 0) is 22.0 Å². The van der Waals surface area contributed by atoms with E-state index < -0.39 is 28.7 Å². The average molecular weight is 465 g/mol. The number of benzene rings is 1. The van der Waals surface area contributed by atoms with Gasteiger partial charge in [-0.3, -0.25) is 0 Å². The lowest BCUT2D eigenvalue weighted by molar-refractivity contribution is 0.147. The number of halogens is 4. The number of ether oxygens (including phenoxy) is 1. The van der Waals surface area contributed by atoms with Gasteiger partial charge in [0.2, 0.25) is 18.3 Å². The molecule has 0 aliphatic carbocycles. The van der Waals surface area contributed by atoms with Crippen molar-refractivity contribution in [3.05, 3.63) is 40.4 Å². The summed E-state index contributed by atoms with van der Waals surface area (Å²) in [6, 6.07) is 2.81. The molecule has 2 N–H and O–H groups in total. The van der Waals surface area contributed by atoms with Gasteiger partial charge in [0, 0.05) is 29.8 Å². The van der Waals surface area contributed by atoms with Crippen LogP contribution < -0.4 is 9.46 Å². The molecule has 27 heavy (non-hydrogen) atoms. The van der Waals surface area contributed by atoms with Crippen molar-refractivity contribution in [2.75, 3.05) is 11.8 Å². The van der Waals surface area contributed by atoms with Crippen LogP contribution in [0.3, 0.4) is 0 Å². The fourth-order valence-corrected chi connectivity index (χ4v) is 3.89. The third-order valence-corrected chi connectivity index (χ3v) is 5.60. The quantitative estimate of drug-likeness (QED) is 0.581. The number of rotatable bonds is 6. The second-order valence-corrected chi connectivity index (χ2v) is 7.87. The Morgan fingerprint density at radius 2 is 2.11 bits per heavy atom. The first-order valence-electron chi connectivity index (χ1n) is 7.39. The lowest BCUT2D eigenvalue weighted by Gasteiger charge is -2.10. The topological polar surface area (TPSA) is 97.0 Å². The van der Waals surface area contributed by atoms with Crippen molar-refractivity contribution in [3.8, 4) is 5.88 Å². The van der Waals surface area contributed by atoms with Crippen molar-refractivity contribution in [2.45, 2.75) is 17.7 Å². The van der Waals surface area contributed by atoms with E-state index in [9.17, 15) is 21.6 Å². The fourth-order valence-electron chi connectivity index (χ4n) is 2.43. The highest BCUT2D eigenvalue weighted by Crippen LogP contribution is 2.30. The van der Waals surface area contributed by atoms with E-state index >= 15 is 0 Å². The van der Waals surface area contributed by atoms with E-state index in [4.69, 9.17) is 4.74 Å². The molecule has 0 aliphatic heterocycles. The second kappa shape index (κ2) is 7.35. The van der Waals surface area contributed by atoms with Gasteiger partial charge in [-0.1, -0.05) is 6.07 Å². The van der Waals surface area contributed by atoms with Crippen LogP contribution in [0.15, 0.2) is 33.9 Å². The number of nitrogens with zero attached hydrogens (tertiary/aromatic N) is 2. The number of alkyl halides is 2. The molecule has 0 radical (unpaired) electrons. The molecule has 2 heterocycles. The predicted octanol–water partition coefficient (Wildman–Crippen LogP) is 3.48. The normalized spacial score (nSPS) is 11.9. The number of fused-ring (bicyclic) bond motifs is 1. The number of H-pyrrole nitrogens is 1. The van der Waals surface area contributed by atoms with Gasteiger partial charge in [0.05, 0.1) is 17.1 Å². The second-order valence-electron chi connectivity index (χ2n) is 5.37. The zero-order chi connectivity index (χ0) is 19.8. The van der Waals surface area contributed by atoms with Crippen LogP contribution in [0.2, 0.25) is 0 Å². The maximum absolute atomic E-state index is 14.1. The van der Waals surface area contributed by atoms with Crippen molar-refractivity contribution in [1.29, 1.82) is 0 Å². The molecule has 1 aromatic carbocycles. The van der Waals surface area contributed by atoms with Gasteiger partial charge < -0.3 is 9.72 Å². The Kier molecular flexibility index (Phi) is 5.29. The number of aromatic nitrogens is 3. The van der Waals surface area contributed by atoms with E-state index in [0.717, 1.165) is 12.4 Å². The Bertz CT molecular complexity index is 1110. The average Bonchev–Trinajstić information content (AvgIpc) is 3.04. The number of aromatic amines is 1. The maximum atomic E-state index is 14.1. The molecule has 0 saturated heterocycles. The Morgan fingerprint density at radius 1 is 1.37 bits per heavy atom. The molecule has 12 heteroatoms. The Hall–Kier alpha value is -2.34. The summed E-state index contributed by atoms with van der Waals surface area (Å²) in [5.74, 6) is -1.17. The highest BCUT2D eigenvalue weighted by Gasteiger charge is 2.23. The summed E-state index contributed by atoms with van der Waals surface area (Å²) >= 11 is 3.02. The molecule has 2 aromatic heterocycles. The number of nitrogens with one attached hydrogen (secondary N) is 2. The zero-order valence-electron chi connectivity index (χ0n) is 13.6. The van der Waals surface area contributed by atoms with Crippen molar-refractivity contribution in [1.82, 2.24) is 15.0 Å². The number of hydrogen-bond donors (Lipinski definition) is 2. The molecular weight excluding hydrogens is 453 g/mol. The highest BCUT2D eigenvalue weighted by molar-refractivity contribution is 9.10. The highest BCUT2D eigenvalue weighted by atomic mass is 79.9. The molecule has 0 fully saturated rings. The Morgan fingerprint density at radius 3 is 2.78 bits per heavy atom. The minimum Gasteiger partial charge on any atom is -0.481 e. The van der Waals surface area contributed by atoms with Crippen molar-refractivity contribution in [2.24, 2.45) is 0 Å². The fraction of sp³-hybridized carbons (Fsp3) is 0.200. The van der Waals surface area contributed by atoms with E-state index in [1.807, 2.05) is 0 Å². The third-order valence-electron chi connectivity index (χ3n) is 3.62. The van der Waals surface area contributed by atoms with E-state index in [2.05, 4.69) is 35.6 Å². The summed E-state index contributed by atoms with van der Waals surface area (Å²) in [6.45, 7) is 0. The van der Waals surface area contributed by atoms with Gasteiger partial charge in [0.25, 0.3) is 10.0 Å². The molecule has 144 valence electrons. The summed E-state index contributed by atoms with van der Waals surface area (Å²) < 4.78 is 71.6. The van der Waals surface area contributed by atoms with Crippen LogP contribution in [0.25, 0.3) is 10.9 Å². The van der Waals surface area contributed by atoms with Gasteiger partial charge in [-0.15, -0.1) is 0 Å². The lowest BCUT2D eigenvalue weighted by atomic mass is 10.2. The van der Waals surface area contributed by atoms with Crippen LogP contribution in [-0.2, 0) is 16.4 Å². The standard InChI is InChI=1S/C15H12BrF3N4O3S/c1-26-14-7(4-11(17)18)5-21-15(22-14)23-27(24,25)10-6-20-13-8(10)2-3-9(16)12(13)19/h2-3,5-6,11,20H,4H2,1H3,(H,21,22,23). The summed E-state index contributed by atoms with van der Waals surface area (Å²) in [4.78, 5) is 9.89. The largest absolute Gasteiger partial charge is 0.481 e. The lowest BCUT2D eigenvalue weighted by Crippen LogP contribution is -2.15. The molecular formula is C15H12BrF3N4O3S. The van der Waals surface area contributed by atoms with Gasteiger partial charge >= 0.3 is 0 Å². The first kappa shape index (κ1) is 19.4. The molecule has 3 aromatic rings. The summed E-state index contributed by atoms with van der Waals surface area (Å²) in [6.07, 6.45) is -1.08. The zero-order valence-corrected chi connectivity index (χ0v) is 16.0. The summed E-state index contributed by atoms with van der Waals surface area (Å²) in [7, 11) is -2.96. The van der Waals surface area contributed by atoms with Crippen LogP contribution in [-0.4, -0.2) is 36.9 Å². The summed E-state index contributed by atoms with van der Waals surface area (Å²) in [5, 5.41) is 0.129. The van der Waals surface area contributed by atoms with Crippen molar-refractivity contribution in [3.63, 3.8) is 0 Å². The van der Waals surface area contributed by atoms with Gasteiger partial charge in [0.15, 0.2) is 5.82 Å². The van der Waals surface area contributed by atoms with Crippen LogP contribution in [0.4, 0.5) is 19.1 Å². The van der Waals surface area contributed by atoms with E-state index in [1.54, 1.807) is 0 Å². The molecule has 0 amide bonds. The Labute approximate surface area is 160 Å². The number of hydrogen-bond acceptors (Lipinski definition) is 5. The number of methoxy groups -OCH3 is 1. The SMILES string of the molecule is COc1nc(NS(=O)(=O)c2c[nH]c3c(F)c(Br)ccc23)ncc1CC(F)F. The first-order chi connectivity index (χ1) is 12.7. The first-order valence-corrected chi connectivity index (χ1v) is 9.66. The van der Waals surface area contributed by atoms with Crippen LogP contribution in [0.5, 0.6) is 5.88 Å². The molecule has 0 atom stereocenters. The van der Waals surface area contributed by atoms with Crippen LogP contribution >= 0.6 is 15.9 Å². The minimum absolute atomic E-state index is 0.00975. The van der Waals surface area contributed by atoms with E-state index in [0.29, 0.717) is 0 Å². The van der Waals surface area contributed by atoms with Crippen LogP contribution in [0.1, 0.15) is 5.56 Å². The van der Waals surface area contributed by atoms with Gasteiger partial charge in [-0.25, -0.2) is 31.3 Å². The molecule has 0 bridgehead atoms. The Balaban J connectivity index is 1.97. The van der Waals surface area contributed by atoms with Crippen molar-refractivity contribution >= 4 is 42.8 Å². The molecule has 0 spiro atoms. The molecule has 7 nitrogen and oxygen atoms in total. The van der Waals surface area contributed by atoms with E-state index in [1.165, 1.54) is 19.2 Å². The smallest absolute Gasteiger partial charge is 0.266 e. The van der Waals surface area contributed by atoms with Crippen LogP contribution in [0, 0.1) is 5.82 Å². The number of anilines is 1. The molecule has 0 aliphatic rings. The minimum atomic E-state index is -4.18. The third kappa shape index (κ3) is 3.86. The predicted molar refractivity (Wildman–Crippen MR) is 95.1 cm³/mol. The van der Waals surface area contributed by atoms with Gasteiger partial charge in [-0.2, -0.15) is 4.98 Å². The summed E-state index contributed by atoms with van der Waals surface area (Å²) in [5.41, 5.74) is 0.0463. The maximum Gasteiger partial charge on any atom is 0.266 e.